The van der Waals surface area contributed by atoms with Crippen molar-refractivity contribution in [2.24, 2.45) is 11.3 Å². The van der Waals surface area contributed by atoms with E-state index in [-0.39, 0.29) is 12.3 Å². The first kappa shape index (κ1) is 18.2. The molecule has 0 aliphatic heterocycles. The average molecular weight is 283 g/mol. The molecule has 6 heteroatoms. The largest absolute Gasteiger partial charge is 0.480 e. The molecule has 0 aliphatic carbocycles. The van der Waals surface area contributed by atoms with Crippen molar-refractivity contribution in [1.82, 2.24) is 10.2 Å². The molecule has 0 aromatic rings. The van der Waals surface area contributed by atoms with E-state index >= 15 is 0 Å². The minimum atomic E-state index is -1.06. The van der Waals surface area contributed by atoms with Gasteiger partial charge in [0.15, 0.2) is 0 Å². The lowest BCUT2D eigenvalue weighted by atomic mass is 9.87. The number of carboxylic acids is 1. The van der Waals surface area contributed by atoms with Gasteiger partial charge in [-0.15, -0.1) is 0 Å². The van der Waals surface area contributed by atoms with Gasteiger partial charge in [-0.1, -0.05) is 34.6 Å². The third-order valence-electron chi connectivity index (χ3n) is 2.75. The second-order valence-electron chi connectivity index (χ2n) is 6.33. The van der Waals surface area contributed by atoms with E-state index in [4.69, 9.17) is 5.26 Å². The van der Waals surface area contributed by atoms with Crippen LogP contribution in [0.25, 0.3) is 0 Å². The van der Waals surface area contributed by atoms with Gasteiger partial charge in [-0.3, -0.25) is 0 Å². The first-order valence-electron chi connectivity index (χ1n) is 6.74. The average Bonchev–Trinajstić information content (AvgIpc) is 2.28. The Balaban J connectivity index is 4.88. The molecule has 2 amide bonds. The molecule has 0 aromatic heterocycles. The lowest BCUT2D eigenvalue weighted by molar-refractivity contribution is -0.142. The van der Waals surface area contributed by atoms with E-state index in [0.29, 0.717) is 13.1 Å². The lowest BCUT2D eigenvalue weighted by Gasteiger charge is -2.31. The lowest BCUT2D eigenvalue weighted by Crippen LogP contribution is -2.54. The molecule has 0 aliphatic rings. The highest BCUT2D eigenvalue weighted by Gasteiger charge is 2.33. The second-order valence-corrected chi connectivity index (χ2v) is 6.33. The summed E-state index contributed by atoms with van der Waals surface area (Å²) in [6, 6.07) is 0.595. The van der Waals surface area contributed by atoms with Gasteiger partial charge in [0.1, 0.15) is 6.04 Å². The van der Waals surface area contributed by atoms with Crippen LogP contribution in [-0.2, 0) is 4.79 Å². The molecule has 0 unspecified atom stereocenters. The number of hydrogen-bond donors (Lipinski definition) is 2. The van der Waals surface area contributed by atoms with Crippen molar-refractivity contribution >= 4 is 12.0 Å². The fraction of sp³-hybridized carbons (Fsp3) is 0.786. The SMILES string of the molecule is CC(C)CN(CCC#N)C(=O)N[C@H](C(=O)O)C(C)(C)C. The minimum absolute atomic E-state index is 0.230. The van der Waals surface area contributed by atoms with Crippen molar-refractivity contribution in [3.63, 3.8) is 0 Å². The van der Waals surface area contributed by atoms with Crippen LogP contribution in [0.15, 0.2) is 0 Å². The predicted molar refractivity (Wildman–Crippen MR) is 76.1 cm³/mol. The first-order valence-corrected chi connectivity index (χ1v) is 6.74. The number of nitriles is 1. The summed E-state index contributed by atoms with van der Waals surface area (Å²) in [5.74, 6) is -0.812. The molecular formula is C14H25N3O3. The van der Waals surface area contributed by atoms with Gasteiger partial charge in [0, 0.05) is 13.1 Å². The molecular weight excluding hydrogens is 258 g/mol. The zero-order valence-corrected chi connectivity index (χ0v) is 12.9. The molecule has 0 aromatic carbocycles. The number of amides is 2. The molecule has 0 bridgehead atoms. The fourth-order valence-corrected chi connectivity index (χ4v) is 1.76. The van der Waals surface area contributed by atoms with Crippen molar-refractivity contribution in [1.29, 1.82) is 5.26 Å². The van der Waals surface area contributed by atoms with E-state index < -0.39 is 23.5 Å². The van der Waals surface area contributed by atoms with E-state index in [2.05, 4.69) is 5.32 Å². The molecule has 0 saturated carbocycles. The molecule has 114 valence electrons. The number of carboxylic acid groups (broad SMARTS) is 1. The summed E-state index contributed by atoms with van der Waals surface area (Å²) in [6.45, 7) is 9.99. The van der Waals surface area contributed by atoms with Crippen LogP contribution in [0, 0.1) is 22.7 Å². The van der Waals surface area contributed by atoms with Gasteiger partial charge in [0.2, 0.25) is 0 Å². The number of carbonyl (C=O) groups excluding carboxylic acids is 1. The Labute approximate surface area is 120 Å². The Morgan fingerprint density at radius 1 is 1.35 bits per heavy atom. The van der Waals surface area contributed by atoms with Crippen molar-refractivity contribution in [3.05, 3.63) is 0 Å². The smallest absolute Gasteiger partial charge is 0.326 e. The van der Waals surface area contributed by atoms with Gasteiger partial charge in [-0.05, 0) is 11.3 Å². The number of nitrogens with zero attached hydrogens (tertiary/aromatic N) is 2. The third-order valence-corrected chi connectivity index (χ3v) is 2.75. The van der Waals surface area contributed by atoms with Gasteiger partial charge in [0.05, 0.1) is 12.5 Å². The first-order chi connectivity index (χ1) is 9.09. The molecule has 0 radical (unpaired) electrons. The number of carbonyl (C=O) groups is 2. The van der Waals surface area contributed by atoms with E-state index in [1.165, 1.54) is 4.90 Å². The van der Waals surface area contributed by atoms with Crippen molar-refractivity contribution in [2.75, 3.05) is 13.1 Å². The molecule has 1 atom stereocenters. The standard InChI is InChI=1S/C14H25N3O3/c1-10(2)9-17(8-6-7-15)13(20)16-11(12(18)19)14(3,4)5/h10-11H,6,8-9H2,1-5H3,(H,16,20)(H,18,19)/t11-/m1/s1. The minimum Gasteiger partial charge on any atom is -0.480 e. The monoisotopic (exact) mass is 283 g/mol. The maximum Gasteiger partial charge on any atom is 0.326 e. The van der Waals surface area contributed by atoms with Gasteiger partial charge >= 0.3 is 12.0 Å². The summed E-state index contributed by atoms with van der Waals surface area (Å²) in [5, 5.41) is 20.4. The Hall–Kier alpha value is -1.77. The van der Waals surface area contributed by atoms with E-state index in [0.717, 1.165) is 0 Å². The summed E-state index contributed by atoms with van der Waals surface area (Å²) < 4.78 is 0. The highest BCUT2D eigenvalue weighted by Crippen LogP contribution is 2.19. The molecule has 20 heavy (non-hydrogen) atoms. The van der Waals surface area contributed by atoms with Crippen LogP contribution in [0.5, 0.6) is 0 Å². The third kappa shape index (κ3) is 6.41. The molecule has 0 fully saturated rings. The molecule has 0 rings (SSSR count). The van der Waals surface area contributed by atoms with Crippen LogP contribution in [0.2, 0.25) is 0 Å². The van der Waals surface area contributed by atoms with Crippen LogP contribution in [-0.4, -0.2) is 41.1 Å². The maximum absolute atomic E-state index is 12.2. The molecule has 2 N–H and O–H groups in total. The van der Waals surface area contributed by atoms with Crippen LogP contribution in [0.4, 0.5) is 4.79 Å². The van der Waals surface area contributed by atoms with Crippen LogP contribution >= 0.6 is 0 Å². The Kier molecular flexibility index (Phi) is 7.05. The van der Waals surface area contributed by atoms with E-state index in [1.54, 1.807) is 20.8 Å². The summed E-state index contributed by atoms with van der Waals surface area (Å²) in [6.07, 6.45) is 0.230. The molecule has 0 saturated heterocycles. The molecule has 0 heterocycles. The Morgan fingerprint density at radius 2 is 1.90 bits per heavy atom. The predicted octanol–water partition coefficient (Wildman–Crippen LogP) is 2.07. The summed E-state index contributed by atoms with van der Waals surface area (Å²) in [5.41, 5.74) is -0.583. The summed E-state index contributed by atoms with van der Waals surface area (Å²) >= 11 is 0. The molecule has 6 nitrogen and oxygen atoms in total. The van der Waals surface area contributed by atoms with Crippen LogP contribution < -0.4 is 5.32 Å². The number of nitrogens with one attached hydrogen (secondary N) is 1. The van der Waals surface area contributed by atoms with Crippen LogP contribution in [0.1, 0.15) is 41.0 Å². The summed E-state index contributed by atoms with van der Waals surface area (Å²) in [7, 11) is 0. The number of urea groups is 1. The van der Waals surface area contributed by atoms with E-state index in [1.807, 2.05) is 19.9 Å². The van der Waals surface area contributed by atoms with Crippen molar-refractivity contribution in [2.45, 2.75) is 47.1 Å². The highest BCUT2D eigenvalue weighted by molar-refractivity contribution is 5.83. The van der Waals surface area contributed by atoms with Crippen LogP contribution in [0.3, 0.4) is 0 Å². The van der Waals surface area contributed by atoms with Crippen molar-refractivity contribution < 1.29 is 14.7 Å². The zero-order valence-electron chi connectivity index (χ0n) is 12.9. The number of hydrogen-bond acceptors (Lipinski definition) is 3. The Bertz CT molecular complexity index is 380. The van der Waals surface area contributed by atoms with E-state index in [9.17, 15) is 14.7 Å². The number of rotatable bonds is 6. The second kappa shape index (κ2) is 7.73. The Morgan fingerprint density at radius 3 is 2.25 bits per heavy atom. The van der Waals surface area contributed by atoms with Gasteiger partial charge in [-0.2, -0.15) is 5.26 Å². The highest BCUT2D eigenvalue weighted by atomic mass is 16.4. The summed E-state index contributed by atoms with van der Waals surface area (Å²) in [4.78, 5) is 24.9. The van der Waals surface area contributed by atoms with Gasteiger partial charge < -0.3 is 15.3 Å². The number of aliphatic carboxylic acids is 1. The maximum atomic E-state index is 12.2. The van der Waals surface area contributed by atoms with Crippen molar-refractivity contribution in [3.8, 4) is 6.07 Å². The topological polar surface area (TPSA) is 93.4 Å². The normalized spacial score (nSPS) is 12.7. The van der Waals surface area contributed by atoms with Gasteiger partial charge in [0.25, 0.3) is 0 Å². The zero-order chi connectivity index (χ0) is 15.9. The quantitative estimate of drug-likeness (QED) is 0.780. The fourth-order valence-electron chi connectivity index (χ4n) is 1.76. The van der Waals surface area contributed by atoms with Gasteiger partial charge in [-0.25, -0.2) is 9.59 Å². The molecule has 0 spiro atoms.